The molecule has 0 saturated carbocycles. The third kappa shape index (κ3) is 6.58. The Kier molecular flexibility index (Phi) is 6.76. The number of amides is 1. The first-order valence-corrected chi connectivity index (χ1v) is 10.0. The van der Waals surface area contributed by atoms with Gasteiger partial charge in [-0.15, -0.1) is 0 Å². The van der Waals surface area contributed by atoms with Gasteiger partial charge < -0.3 is 10.2 Å². The quantitative estimate of drug-likeness (QED) is 0.645. The molecule has 0 aromatic carbocycles. The van der Waals surface area contributed by atoms with Gasteiger partial charge in [0.05, 0.1) is 24.6 Å². The van der Waals surface area contributed by atoms with Gasteiger partial charge >= 0.3 is 0 Å². The SMILES string of the molecule is CC(CN(C)CCn1cccn1)NC(=O)CN1CCS(=O)(=O)CC1. The number of carbonyl (C=O) groups excluding carboxylic acids is 1. The molecular weight excluding hydrogens is 330 g/mol. The Morgan fingerprint density at radius 3 is 2.71 bits per heavy atom. The summed E-state index contributed by atoms with van der Waals surface area (Å²) >= 11 is 0. The summed E-state index contributed by atoms with van der Waals surface area (Å²) in [6.07, 6.45) is 3.69. The topological polar surface area (TPSA) is 87.5 Å². The monoisotopic (exact) mass is 357 g/mol. The molecule has 0 spiro atoms. The van der Waals surface area contributed by atoms with Crippen LogP contribution in [0.25, 0.3) is 0 Å². The molecule has 8 nitrogen and oxygen atoms in total. The molecule has 2 heterocycles. The van der Waals surface area contributed by atoms with Crippen LogP contribution in [-0.4, -0.2) is 91.2 Å². The lowest BCUT2D eigenvalue weighted by Gasteiger charge is -2.27. The molecule has 24 heavy (non-hydrogen) atoms. The van der Waals surface area contributed by atoms with Crippen LogP contribution in [0.3, 0.4) is 0 Å². The van der Waals surface area contributed by atoms with Crippen LogP contribution >= 0.6 is 0 Å². The largest absolute Gasteiger partial charge is 0.351 e. The maximum Gasteiger partial charge on any atom is 0.234 e. The van der Waals surface area contributed by atoms with Crippen LogP contribution in [-0.2, 0) is 21.2 Å². The van der Waals surface area contributed by atoms with Crippen molar-refractivity contribution in [3.8, 4) is 0 Å². The fraction of sp³-hybridized carbons (Fsp3) is 0.733. The van der Waals surface area contributed by atoms with Crippen LogP contribution < -0.4 is 5.32 Å². The summed E-state index contributed by atoms with van der Waals surface area (Å²) in [5, 5.41) is 7.14. The summed E-state index contributed by atoms with van der Waals surface area (Å²) < 4.78 is 24.7. The van der Waals surface area contributed by atoms with E-state index in [-0.39, 0.29) is 30.0 Å². The lowest BCUT2D eigenvalue weighted by atomic mass is 10.3. The van der Waals surface area contributed by atoms with Crippen LogP contribution in [0, 0.1) is 0 Å². The fourth-order valence-electron chi connectivity index (χ4n) is 2.74. The Hall–Kier alpha value is -1.45. The first-order chi connectivity index (χ1) is 11.3. The number of hydrogen-bond donors (Lipinski definition) is 1. The van der Waals surface area contributed by atoms with Gasteiger partial charge in [-0.1, -0.05) is 0 Å². The van der Waals surface area contributed by atoms with Crippen molar-refractivity contribution in [2.75, 3.05) is 51.3 Å². The van der Waals surface area contributed by atoms with Gasteiger partial charge in [-0.3, -0.25) is 14.4 Å². The van der Waals surface area contributed by atoms with E-state index < -0.39 is 9.84 Å². The maximum atomic E-state index is 12.1. The van der Waals surface area contributed by atoms with Crippen molar-refractivity contribution < 1.29 is 13.2 Å². The van der Waals surface area contributed by atoms with Gasteiger partial charge in [0.15, 0.2) is 9.84 Å². The third-order valence-electron chi connectivity index (χ3n) is 4.07. The summed E-state index contributed by atoms with van der Waals surface area (Å²) in [6.45, 7) is 5.53. The first-order valence-electron chi connectivity index (χ1n) is 8.22. The van der Waals surface area contributed by atoms with Crippen LogP contribution in [0.2, 0.25) is 0 Å². The van der Waals surface area contributed by atoms with Crippen molar-refractivity contribution in [1.29, 1.82) is 0 Å². The Morgan fingerprint density at radius 1 is 1.38 bits per heavy atom. The second kappa shape index (κ2) is 8.59. The minimum absolute atomic E-state index is 0.0358. The standard InChI is InChI=1S/C15H27N5O3S/c1-14(12-18(2)6-7-20-5-3-4-16-20)17-15(21)13-19-8-10-24(22,23)11-9-19/h3-5,14H,6-13H2,1-2H3,(H,17,21). The fourth-order valence-corrected chi connectivity index (χ4v) is 4.02. The highest BCUT2D eigenvalue weighted by Crippen LogP contribution is 2.03. The molecule has 1 atom stereocenters. The van der Waals surface area contributed by atoms with Crippen molar-refractivity contribution >= 4 is 15.7 Å². The van der Waals surface area contributed by atoms with E-state index in [2.05, 4.69) is 15.3 Å². The molecule has 0 bridgehead atoms. The molecule has 1 amide bonds. The highest BCUT2D eigenvalue weighted by Gasteiger charge is 2.23. The summed E-state index contributed by atoms with van der Waals surface area (Å²) in [4.78, 5) is 16.1. The lowest BCUT2D eigenvalue weighted by Crippen LogP contribution is -2.48. The Bertz CT molecular complexity index is 603. The van der Waals surface area contributed by atoms with Crippen LogP contribution in [0.4, 0.5) is 0 Å². The molecule has 1 unspecified atom stereocenters. The summed E-state index contributed by atoms with van der Waals surface area (Å²) in [5.41, 5.74) is 0. The second-order valence-electron chi connectivity index (χ2n) is 6.43. The number of rotatable bonds is 8. The molecule has 1 aromatic heterocycles. The average molecular weight is 357 g/mol. The van der Waals surface area contributed by atoms with Crippen molar-refractivity contribution in [3.05, 3.63) is 18.5 Å². The zero-order chi connectivity index (χ0) is 17.6. The predicted molar refractivity (Wildman–Crippen MR) is 92.4 cm³/mol. The number of sulfone groups is 1. The summed E-state index contributed by atoms with van der Waals surface area (Å²) in [6, 6.07) is 1.93. The maximum absolute atomic E-state index is 12.1. The van der Waals surface area contributed by atoms with Crippen molar-refractivity contribution in [2.24, 2.45) is 0 Å². The Balaban J connectivity index is 1.64. The number of likely N-dealkylation sites (N-methyl/N-ethyl adjacent to an activating group) is 1. The summed E-state index contributed by atoms with van der Waals surface area (Å²) in [7, 11) is -0.887. The van der Waals surface area contributed by atoms with Crippen molar-refractivity contribution in [1.82, 2.24) is 24.9 Å². The van der Waals surface area contributed by atoms with E-state index >= 15 is 0 Å². The molecule has 2 rings (SSSR count). The molecule has 0 radical (unpaired) electrons. The van der Waals surface area contributed by atoms with Crippen LogP contribution in [0.5, 0.6) is 0 Å². The first kappa shape index (κ1) is 18.9. The molecule has 1 aromatic rings. The van der Waals surface area contributed by atoms with E-state index in [1.54, 1.807) is 6.20 Å². The molecule has 9 heteroatoms. The van der Waals surface area contributed by atoms with Crippen LogP contribution in [0.1, 0.15) is 6.92 Å². The van der Waals surface area contributed by atoms with Crippen molar-refractivity contribution in [2.45, 2.75) is 19.5 Å². The summed E-state index contributed by atoms with van der Waals surface area (Å²) in [5.74, 6) is 0.236. The van der Waals surface area contributed by atoms with E-state index in [1.807, 2.05) is 35.8 Å². The Labute approximate surface area is 143 Å². The minimum Gasteiger partial charge on any atom is -0.351 e. The van der Waals surface area contributed by atoms with Gasteiger partial charge in [-0.05, 0) is 20.0 Å². The minimum atomic E-state index is -2.90. The molecule has 0 aliphatic carbocycles. The highest BCUT2D eigenvalue weighted by atomic mass is 32.2. The zero-order valence-corrected chi connectivity index (χ0v) is 15.2. The number of nitrogens with one attached hydrogen (secondary N) is 1. The molecule has 136 valence electrons. The van der Waals surface area contributed by atoms with E-state index in [9.17, 15) is 13.2 Å². The average Bonchev–Trinajstić information content (AvgIpc) is 3.00. The number of nitrogens with zero attached hydrogens (tertiary/aromatic N) is 4. The van der Waals surface area contributed by atoms with Gasteiger partial charge in [0, 0.05) is 44.6 Å². The number of hydrogen-bond acceptors (Lipinski definition) is 6. The molecule has 1 aliphatic heterocycles. The molecular formula is C15H27N5O3S. The second-order valence-corrected chi connectivity index (χ2v) is 8.73. The third-order valence-corrected chi connectivity index (χ3v) is 5.68. The van der Waals surface area contributed by atoms with Crippen molar-refractivity contribution in [3.63, 3.8) is 0 Å². The Morgan fingerprint density at radius 2 is 2.08 bits per heavy atom. The smallest absolute Gasteiger partial charge is 0.234 e. The highest BCUT2D eigenvalue weighted by molar-refractivity contribution is 7.91. The predicted octanol–water partition coefficient (Wildman–Crippen LogP) is -0.950. The van der Waals surface area contributed by atoms with Gasteiger partial charge in [0.2, 0.25) is 5.91 Å². The normalized spacial score (nSPS) is 19.3. The van der Waals surface area contributed by atoms with E-state index in [0.717, 1.165) is 19.6 Å². The van der Waals surface area contributed by atoms with E-state index in [4.69, 9.17) is 0 Å². The van der Waals surface area contributed by atoms with Gasteiger partial charge in [0.1, 0.15) is 0 Å². The van der Waals surface area contributed by atoms with E-state index in [1.165, 1.54) is 0 Å². The number of aromatic nitrogens is 2. The lowest BCUT2D eigenvalue weighted by molar-refractivity contribution is -0.122. The van der Waals surface area contributed by atoms with Gasteiger partial charge in [0.25, 0.3) is 0 Å². The number of carbonyl (C=O) groups is 1. The molecule has 1 fully saturated rings. The zero-order valence-electron chi connectivity index (χ0n) is 14.4. The van der Waals surface area contributed by atoms with E-state index in [0.29, 0.717) is 13.1 Å². The van der Waals surface area contributed by atoms with Gasteiger partial charge in [-0.2, -0.15) is 5.10 Å². The molecule has 1 N–H and O–H groups in total. The van der Waals surface area contributed by atoms with Gasteiger partial charge in [-0.25, -0.2) is 8.42 Å². The molecule has 1 aliphatic rings. The van der Waals surface area contributed by atoms with Crippen LogP contribution in [0.15, 0.2) is 18.5 Å². The molecule has 1 saturated heterocycles.